The second-order valence-electron chi connectivity index (χ2n) is 3.53. The number of esters is 1. The molecular weight excluding hydrogens is 236 g/mol. The molecule has 2 aromatic carbocycles. The molecule has 5 nitrogen and oxygen atoms in total. The maximum Gasteiger partial charge on any atom is 0.347 e. The predicted molar refractivity (Wildman–Crippen MR) is 62.8 cm³/mol. The molecule has 0 aliphatic rings. The van der Waals surface area contributed by atoms with Crippen LogP contribution in [0.3, 0.4) is 0 Å². The van der Waals surface area contributed by atoms with Crippen molar-refractivity contribution in [3.63, 3.8) is 0 Å². The first kappa shape index (κ1) is 11.8. The van der Waals surface area contributed by atoms with Crippen LogP contribution in [0.25, 0.3) is 0 Å². The van der Waals surface area contributed by atoms with E-state index in [1.807, 2.05) is 0 Å². The van der Waals surface area contributed by atoms with Gasteiger partial charge in [0.2, 0.25) is 5.75 Å². The maximum atomic E-state index is 11.7. The first-order chi connectivity index (χ1) is 8.59. The molecule has 0 heterocycles. The summed E-state index contributed by atoms with van der Waals surface area (Å²) in [6.45, 7) is 0. The van der Waals surface area contributed by atoms with Crippen molar-refractivity contribution in [1.82, 2.24) is 0 Å². The molecule has 0 spiro atoms. The molecule has 0 unspecified atom stereocenters. The molecule has 0 aromatic heterocycles. The van der Waals surface area contributed by atoms with Gasteiger partial charge in [0.05, 0.1) is 0 Å². The number of carbonyl (C=O) groups is 1. The number of carbonyl (C=O) groups excluding carboxylic acids is 1. The Bertz CT molecular complexity index is 577. The summed E-state index contributed by atoms with van der Waals surface area (Å²) < 4.78 is 4.98. The lowest BCUT2D eigenvalue weighted by atomic mass is 10.1. The van der Waals surface area contributed by atoms with Crippen LogP contribution in [0, 0.1) is 0 Å². The van der Waals surface area contributed by atoms with Crippen molar-refractivity contribution in [2.75, 3.05) is 0 Å². The minimum Gasteiger partial charge on any atom is -0.504 e. The summed E-state index contributed by atoms with van der Waals surface area (Å²) >= 11 is 0. The number of hydrogen-bond donors (Lipinski definition) is 3. The SMILES string of the molecule is O=C(Oc1ccccc1)c1ccc(O)c(O)c1O. The zero-order valence-electron chi connectivity index (χ0n) is 9.20. The van der Waals surface area contributed by atoms with Crippen molar-refractivity contribution in [2.45, 2.75) is 0 Å². The third kappa shape index (κ3) is 2.20. The van der Waals surface area contributed by atoms with Crippen LogP contribution >= 0.6 is 0 Å². The van der Waals surface area contributed by atoms with E-state index < -0.39 is 23.2 Å². The molecule has 2 rings (SSSR count). The Morgan fingerprint density at radius 2 is 1.56 bits per heavy atom. The van der Waals surface area contributed by atoms with Gasteiger partial charge in [0.25, 0.3) is 0 Å². The highest BCUT2D eigenvalue weighted by Gasteiger charge is 2.18. The highest BCUT2D eigenvalue weighted by molar-refractivity contribution is 5.95. The molecule has 0 atom stereocenters. The Balaban J connectivity index is 2.28. The molecule has 0 amide bonds. The fourth-order valence-electron chi connectivity index (χ4n) is 1.38. The number of para-hydroxylation sites is 1. The molecule has 0 aliphatic carbocycles. The number of ether oxygens (including phenoxy) is 1. The topological polar surface area (TPSA) is 87.0 Å². The molecule has 92 valence electrons. The second-order valence-corrected chi connectivity index (χ2v) is 3.53. The second kappa shape index (κ2) is 4.67. The first-order valence-corrected chi connectivity index (χ1v) is 5.10. The fraction of sp³-hybridized carbons (Fsp3) is 0. The van der Waals surface area contributed by atoms with Crippen molar-refractivity contribution < 1.29 is 24.9 Å². The lowest BCUT2D eigenvalue weighted by Gasteiger charge is -2.07. The van der Waals surface area contributed by atoms with E-state index in [0.717, 1.165) is 12.1 Å². The van der Waals surface area contributed by atoms with Gasteiger partial charge in [-0.25, -0.2) is 4.79 Å². The molecule has 0 saturated heterocycles. The zero-order chi connectivity index (χ0) is 13.1. The number of rotatable bonds is 2. The van der Waals surface area contributed by atoms with Gasteiger partial charge in [-0.3, -0.25) is 0 Å². The largest absolute Gasteiger partial charge is 0.504 e. The Labute approximate surface area is 103 Å². The van der Waals surface area contributed by atoms with Crippen LogP contribution in [-0.2, 0) is 0 Å². The highest BCUT2D eigenvalue weighted by Crippen LogP contribution is 2.37. The van der Waals surface area contributed by atoms with Gasteiger partial charge in [-0.05, 0) is 24.3 Å². The number of aromatic hydroxyl groups is 3. The molecule has 5 heteroatoms. The third-order valence-corrected chi connectivity index (χ3v) is 2.30. The predicted octanol–water partition coefficient (Wildman–Crippen LogP) is 2.02. The van der Waals surface area contributed by atoms with Gasteiger partial charge in [-0.2, -0.15) is 0 Å². The molecular formula is C13H10O5. The lowest BCUT2D eigenvalue weighted by Crippen LogP contribution is -2.08. The standard InChI is InChI=1S/C13H10O5/c14-10-7-6-9(11(15)12(10)16)13(17)18-8-4-2-1-3-5-8/h1-7,14-16H. The summed E-state index contributed by atoms with van der Waals surface area (Å²) in [4.78, 5) is 11.7. The van der Waals surface area contributed by atoms with Crippen LogP contribution in [-0.4, -0.2) is 21.3 Å². The Kier molecular flexibility index (Phi) is 3.05. The van der Waals surface area contributed by atoms with Gasteiger partial charge in [0.1, 0.15) is 11.3 Å². The molecule has 0 bridgehead atoms. The summed E-state index contributed by atoms with van der Waals surface area (Å²) in [7, 11) is 0. The number of benzene rings is 2. The van der Waals surface area contributed by atoms with Gasteiger partial charge in [0, 0.05) is 0 Å². The summed E-state index contributed by atoms with van der Waals surface area (Å²) in [5.74, 6) is -2.49. The van der Waals surface area contributed by atoms with Crippen molar-refractivity contribution in [2.24, 2.45) is 0 Å². The summed E-state index contributed by atoms with van der Waals surface area (Å²) in [5.41, 5.74) is -0.228. The molecule has 0 fully saturated rings. The highest BCUT2D eigenvalue weighted by atomic mass is 16.5. The normalized spacial score (nSPS) is 10.0. The van der Waals surface area contributed by atoms with Gasteiger partial charge in [0.15, 0.2) is 11.5 Å². The van der Waals surface area contributed by atoms with E-state index in [1.165, 1.54) is 0 Å². The summed E-state index contributed by atoms with van der Waals surface area (Å²) in [5, 5.41) is 27.9. The van der Waals surface area contributed by atoms with Crippen molar-refractivity contribution in [3.05, 3.63) is 48.0 Å². The molecule has 0 aliphatic heterocycles. The van der Waals surface area contributed by atoms with Crippen LogP contribution in [0.1, 0.15) is 10.4 Å². The van der Waals surface area contributed by atoms with Crippen molar-refractivity contribution >= 4 is 5.97 Å². The first-order valence-electron chi connectivity index (χ1n) is 5.10. The van der Waals surface area contributed by atoms with Gasteiger partial charge >= 0.3 is 5.97 Å². The minimum atomic E-state index is -0.825. The van der Waals surface area contributed by atoms with E-state index >= 15 is 0 Å². The smallest absolute Gasteiger partial charge is 0.347 e. The van der Waals surface area contributed by atoms with Gasteiger partial charge in [-0.1, -0.05) is 18.2 Å². The molecule has 18 heavy (non-hydrogen) atoms. The Morgan fingerprint density at radius 1 is 0.889 bits per heavy atom. The van der Waals surface area contributed by atoms with E-state index in [2.05, 4.69) is 0 Å². The monoisotopic (exact) mass is 246 g/mol. The fourth-order valence-corrected chi connectivity index (χ4v) is 1.38. The van der Waals surface area contributed by atoms with E-state index in [4.69, 9.17) is 9.84 Å². The zero-order valence-corrected chi connectivity index (χ0v) is 9.20. The maximum absolute atomic E-state index is 11.7. The van der Waals surface area contributed by atoms with Crippen molar-refractivity contribution in [3.8, 4) is 23.0 Å². The number of phenolic OH excluding ortho intramolecular Hbond substituents is 3. The average molecular weight is 246 g/mol. The Hall–Kier alpha value is -2.69. The quantitative estimate of drug-likeness (QED) is 0.428. The molecule has 0 saturated carbocycles. The van der Waals surface area contributed by atoms with E-state index in [0.29, 0.717) is 5.75 Å². The van der Waals surface area contributed by atoms with E-state index in [1.54, 1.807) is 30.3 Å². The third-order valence-electron chi connectivity index (χ3n) is 2.30. The van der Waals surface area contributed by atoms with Crippen LogP contribution in [0.2, 0.25) is 0 Å². The Morgan fingerprint density at radius 3 is 2.22 bits per heavy atom. The van der Waals surface area contributed by atoms with Gasteiger partial charge < -0.3 is 20.1 Å². The van der Waals surface area contributed by atoms with Gasteiger partial charge in [-0.15, -0.1) is 0 Å². The number of hydrogen-bond acceptors (Lipinski definition) is 5. The van der Waals surface area contributed by atoms with Crippen LogP contribution in [0.15, 0.2) is 42.5 Å². The minimum absolute atomic E-state index is 0.228. The van der Waals surface area contributed by atoms with E-state index in [9.17, 15) is 15.0 Å². The molecule has 3 N–H and O–H groups in total. The molecule has 0 radical (unpaired) electrons. The number of phenols is 3. The van der Waals surface area contributed by atoms with Crippen LogP contribution < -0.4 is 4.74 Å². The lowest BCUT2D eigenvalue weighted by molar-refractivity contribution is 0.0731. The van der Waals surface area contributed by atoms with Crippen LogP contribution in [0.4, 0.5) is 0 Å². The molecule has 2 aromatic rings. The van der Waals surface area contributed by atoms with Crippen LogP contribution in [0.5, 0.6) is 23.0 Å². The van der Waals surface area contributed by atoms with Crippen molar-refractivity contribution in [1.29, 1.82) is 0 Å². The summed E-state index contributed by atoms with van der Waals surface area (Å²) in [6.07, 6.45) is 0. The average Bonchev–Trinajstić information content (AvgIpc) is 2.37. The summed E-state index contributed by atoms with van der Waals surface area (Å²) in [6, 6.07) is 10.6. The van der Waals surface area contributed by atoms with E-state index in [-0.39, 0.29) is 5.56 Å².